The molecule has 0 bridgehead atoms. The van der Waals surface area contributed by atoms with Crippen molar-refractivity contribution >= 4 is 21.9 Å². The van der Waals surface area contributed by atoms with Crippen LogP contribution < -0.4 is 0 Å². The van der Waals surface area contributed by atoms with E-state index in [1.807, 2.05) is 18.2 Å². The van der Waals surface area contributed by atoms with Crippen molar-refractivity contribution in [2.24, 2.45) is 5.92 Å². The van der Waals surface area contributed by atoms with Crippen molar-refractivity contribution in [3.05, 3.63) is 35.9 Å². The highest BCUT2D eigenvalue weighted by Crippen LogP contribution is 2.28. The highest BCUT2D eigenvalue weighted by molar-refractivity contribution is 9.09. The number of carbonyl (C=O) groups excluding carboxylic acids is 1. The normalized spacial score (nSPS) is 27.8. The maximum Gasteiger partial charge on any atom is 0.338 e. The van der Waals surface area contributed by atoms with E-state index in [-0.39, 0.29) is 17.1 Å². The summed E-state index contributed by atoms with van der Waals surface area (Å²) in [6.07, 6.45) is 2.02. The van der Waals surface area contributed by atoms with E-state index in [1.165, 1.54) is 0 Å². The molecule has 0 amide bonds. The third-order valence-electron chi connectivity index (χ3n) is 3.12. The van der Waals surface area contributed by atoms with Gasteiger partial charge in [-0.1, -0.05) is 41.1 Å². The maximum absolute atomic E-state index is 11.7. The Morgan fingerprint density at radius 2 is 2.11 bits per heavy atom. The fourth-order valence-electron chi connectivity index (χ4n) is 1.91. The molecule has 0 radical (unpaired) electrons. The van der Waals surface area contributed by atoms with Gasteiger partial charge in [0.15, 0.2) is 0 Å². The molecule has 1 aliphatic heterocycles. The van der Waals surface area contributed by atoms with Crippen molar-refractivity contribution in [2.45, 2.75) is 30.9 Å². The number of halogens is 1. The average molecular weight is 313 g/mol. The maximum atomic E-state index is 11.7. The Bertz CT molecular complexity index is 393. The molecule has 98 valence electrons. The zero-order valence-electron chi connectivity index (χ0n) is 10.3. The van der Waals surface area contributed by atoms with Crippen LogP contribution in [0, 0.1) is 5.92 Å². The van der Waals surface area contributed by atoms with Gasteiger partial charge in [0.2, 0.25) is 0 Å². The lowest BCUT2D eigenvalue weighted by molar-refractivity contribution is -0.0596. The molecule has 4 heteroatoms. The van der Waals surface area contributed by atoms with E-state index in [2.05, 4.69) is 22.9 Å². The molecule has 0 aliphatic carbocycles. The number of rotatable bonds is 3. The Labute approximate surface area is 116 Å². The monoisotopic (exact) mass is 312 g/mol. The van der Waals surface area contributed by atoms with Gasteiger partial charge in [0.25, 0.3) is 0 Å². The van der Waals surface area contributed by atoms with Crippen LogP contribution in [0.1, 0.15) is 30.1 Å². The minimum absolute atomic E-state index is 0.00163. The summed E-state index contributed by atoms with van der Waals surface area (Å²) in [6.45, 7) is 2.47. The number of carbonyl (C=O) groups is 1. The van der Waals surface area contributed by atoms with Crippen molar-refractivity contribution in [3.63, 3.8) is 0 Å². The van der Waals surface area contributed by atoms with E-state index in [9.17, 15) is 4.79 Å². The van der Waals surface area contributed by atoms with Gasteiger partial charge in [-0.15, -0.1) is 0 Å². The average Bonchev–Trinajstić information content (AvgIpc) is 2.41. The molecule has 1 aromatic carbocycles. The molecule has 1 saturated heterocycles. The van der Waals surface area contributed by atoms with Gasteiger partial charge < -0.3 is 9.47 Å². The minimum Gasteiger partial charge on any atom is -0.459 e. The predicted octanol–water partition coefficient (Wildman–Crippen LogP) is 3.38. The Balaban J connectivity index is 1.80. The molecule has 18 heavy (non-hydrogen) atoms. The van der Waals surface area contributed by atoms with Crippen LogP contribution in [0.25, 0.3) is 0 Å². The molecule has 0 aromatic heterocycles. The molecular formula is C14H17BrO3. The van der Waals surface area contributed by atoms with Crippen LogP contribution in [-0.4, -0.2) is 23.7 Å². The van der Waals surface area contributed by atoms with E-state index < -0.39 is 0 Å². The fraction of sp³-hybridized carbons (Fsp3) is 0.500. The van der Waals surface area contributed by atoms with Crippen LogP contribution >= 0.6 is 15.9 Å². The Morgan fingerprint density at radius 1 is 1.39 bits per heavy atom. The van der Waals surface area contributed by atoms with E-state index in [4.69, 9.17) is 9.47 Å². The zero-order valence-corrected chi connectivity index (χ0v) is 11.9. The largest absolute Gasteiger partial charge is 0.459 e. The third kappa shape index (κ3) is 3.56. The molecule has 0 spiro atoms. The Morgan fingerprint density at radius 3 is 2.78 bits per heavy atom. The molecule has 1 aliphatic rings. The first-order chi connectivity index (χ1) is 8.66. The van der Waals surface area contributed by atoms with Crippen LogP contribution in [0.3, 0.4) is 0 Å². The van der Waals surface area contributed by atoms with Gasteiger partial charge in [0.05, 0.1) is 11.7 Å². The summed E-state index contributed by atoms with van der Waals surface area (Å²) in [7, 11) is 0. The van der Waals surface area contributed by atoms with Crippen molar-refractivity contribution in [2.75, 3.05) is 6.61 Å². The molecule has 3 atom stereocenters. The van der Waals surface area contributed by atoms with Gasteiger partial charge in [-0.25, -0.2) is 4.79 Å². The summed E-state index contributed by atoms with van der Waals surface area (Å²) in [5.41, 5.74) is 0.581. The first-order valence-electron chi connectivity index (χ1n) is 6.18. The first-order valence-corrected chi connectivity index (χ1v) is 7.10. The molecule has 1 fully saturated rings. The quantitative estimate of drug-likeness (QED) is 0.634. The van der Waals surface area contributed by atoms with Crippen molar-refractivity contribution in [1.82, 2.24) is 0 Å². The van der Waals surface area contributed by atoms with Gasteiger partial charge in [0.1, 0.15) is 11.6 Å². The number of esters is 1. The Kier molecular flexibility index (Phi) is 4.78. The Hall–Kier alpha value is -0.870. The number of hydrogen-bond donors (Lipinski definition) is 0. The van der Waals surface area contributed by atoms with E-state index >= 15 is 0 Å². The van der Waals surface area contributed by atoms with Crippen LogP contribution in [0.5, 0.6) is 0 Å². The first kappa shape index (κ1) is 13.6. The van der Waals surface area contributed by atoms with E-state index in [0.717, 1.165) is 12.8 Å². The second-order valence-corrected chi connectivity index (χ2v) is 5.53. The molecule has 0 saturated carbocycles. The smallest absolute Gasteiger partial charge is 0.338 e. The SMILES string of the molecule is CC1CCC(COC(=O)c2ccccc2)OC1Br. The molecule has 3 unspecified atom stereocenters. The lowest BCUT2D eigenvalue weighted by Gasteiger charge is -2.31. The lowest BCUT2D eigenvalue weighted by atomic mass is 10.0. The topological polar surface area (TPSA) is 35.5 Å². The highest BCUT2D eigenvalue weighted by Gasteiger charge is 2.27. The van der Waals surface area contributed by atoms with Gasteiger partial charge in [-0.2, -0.15) is 0 Å². The van der Waals surface area contributed by atoms with Crippen LogP contribution in [-0.2, 0) is 9.47 Å². The van der Waals surface area contributed by atoms with Crippen molar-refractivity contribution in [3.8, 4) is 0 Å². The van der Waals surface area contributed by atoms with Gasteiger partial charge in [-0.05, 0) is 30.9 Å². The van der Waals surface area contributed by atoms with Crippen LogP contribution in [0.4, 0.5) is 0 Å². The van der Waals surface area contributed by atoms with Crippen molar-refractivity contribution < 1.29 is 14.3 Å². The summed E-state index contributed by atoms with van der Waals surface area (Å²) in [5, 5.41) is 0.0617. The van der Waals surface area contributed by atoms with Gasteiger partial charge in [-0.3, -0.25) is 0 Å². The second-order valence-electron chi connectivity index (χ2n) is 4.63. The summed E-state index contributed by atoms with van der Waals surface area (Å²) in [5.74, 6) is 0.218. The van der Waals surface area contributed by atoms with Gasteiger partial charge in [0, 0.05) is 0 Å². The highest BCUT2D eigenvalue weighted by atomic mass is 79.9. The van der Waals surface area contributed by atoms with Gasteiger partial charge >= 0.3 is 5.97 Å². The van der Waals surface area contributed by atoms with Crippen molar-refractivity contribution in [1.29, 1.82) is 0 Å². The van der Waals surface area contributed by atoms with Crippen LogP contribution in [0.15, 0.2) is 30.3 Å². The summed E-state index contributed by atoms with van der Waals surface area (Å²) in [4.78, 5) is 11.7. The minimum atomic E-state index is -0.288. The zero-order chi connectivity index (χ0) is 13.0. The molecule has 2 rings (SSSR count). The number of alkyl halides is 1. The van der Waals surface area contributed by atoms with E-state index in [0.29, 0.717) is 18.1 Å². The fourth-order valence-corrected chi connectivity index (χ4v) is 2.48. The van der Waals surface area contributed by atoms with E-state index in [1.54, 1.807) is 12.1 Å². The number of benzene rings is 1. The molecule has 0 N–H and O–H groups in total. The third-order valence-corrected chi connectivity index (χ3v) is 4.24. The van der Waals surface area contributed by atoms with Crippen LogP contribution in [0.2, 0.25) is 0 Å². The standard InChI is InChI=1S/C14H17BrO3/c1-10-7-8-12(18-13(10)15)9-17-14(16)11-5-3-2-4-6-11/h2-6,10,12-13H,7-9H2,1H3. The predicted molar refractivity (Wildman–Crippen MR) is 72.7 cm³/mol. The summed E-state index contributed by atoms with van der Waals surface area (Å²) >= 11 is 3.48. The molecule has 1 heterocycles. The molecule has 3 nitrogen and oxygen atoms in total. The lowest BCUT2D eigenvalue weighted by Crippen LogP contribution is -2.33. The summed E-state index contributed by atoms with van der Waals surface area (Å²) < 4.78 is 11.0. The molecular weight excluding hydrogens is 296 g/mol. The number of hydrogen-bond acceptors (Lipinski definition) is 3. The molecule has 1 aromatic rings. The summed E-state index contributed by atoms with van der Waals surface area (Å²) in [6, 6.07) is 9.02. The number of ether oxygens (including phenoxy) is 2. The second kappa shape index (κ2) is 6.34.